The lowest BCUT2D eigenvalue weighted by Gasteiger charge is -2.44. The molecule has 0 amide bonds. The Labute approximate surface area is 175 Å². The minimum Gasteiger partial charge on any atom is -0.478 e. The second kappa shape index (κ2) is 10.3. The number of carbonyl (C=O) groups is 2. The van der Waals surface area contributed by atoms with Gasteiger partial charge in [0.15, 0.2) is 0 Å². The molecule has 0 saturated heterocycles. The van der Waals surface area contributed by atoms with Crippen LogP contribution in [0.4, 0.5) is 0 Å². The molecule has 28 heavy (non-hydrogen) atoms. The number of nitrogens with zero attached hydrogens (tertiary/aromatic N) is 1. The molecule has 2 rings (SSSR count). The van der Waals surface area contributed by atoms with E-state index in [0.29, 0.717) is 22.2 Å². The van der Waals surface area contributed by atoms with E-state index >= 15 is 0 Å². The smallest absolute Gasteiger partial charge is 0.328 e. The van der Waals surface area contributed by atoms with Crippen molar-refractivity contribution in [3.8, 4) is 0 Å². The number of likely N-dealkylation sites (N-methyl/N-ethyl adjacent to an activating group) is 1. The zero-order chi connectivity index (χ0) is 21.5. The maximum absolute atomic E-state index is 10.2. The minimum atomic E-state index is -1.26. The molecule has 0 spiro atoms. The molecule has 0 atom stereocenters. The molecule has 1 saturated carbocycles. The van der Waals surface area contributed by atoms with Gasteiger partial charge in [0.1, 0.15) is 0 Å². The van der Waals surface area contributed by atoms with E-state index in [-0.39, 0.29) is 5.41 Å². The molecule has 0 unspecified atom stereocenters. The van der Waals surface area contributed by atoms with Gasteiger partial charge < -0.3 is 20.2 Å². The van der Waals surface area contributed by atoms with Crippen molar-refractivity contribution in [2.75, 3.05) is 20.6 Å². The lowest BCUT2D eigenvalue weighted by Crippen LogP contribution is -2.45. The van der Waals surface area contributed by atoms with Gasteiger partial charge in [0.2, 0.25) is 0 Å². The molecule has 1 aromatic rings. The Balaban J connectivity index is 0.000000416. The second-order valence-corrected chi connectivity index (χ2v) is 8.47. The van der Waals surface area contributed by atoms with Gasteiger partial charge in [0.05, 0.1) is 15.6 Å². The van der Waals surface area contributed by atoms with Crippen molar-refractivity contribution in [1.82, 2.24) is 4.90 Å². The van der Waals surface area contributed by atoms with Crippen LogP contribution in [0, 0.1) is 0 Å². The molecule has 0 bridgehead atoms. The third-order valence-electron chi connectivity index (χ3n) is 4.80. The standard InChI is InChI=1S/C16H23Cl2NO.C4H4O4/c1-15(20)6-8-16(9-7-15,11-19(2)3)12-4-5-13(17)14(18)10-12;5-3(6)1-2-4(7)8/h4-5,10,20H,6-9,11H2,1-3H3;1-2H,(H,5,6)(H,7,8). The second-order valence-electron chi connectivity index (χ2n) is 7.65. The molecular weight excluding hydrogens is 405 g/mol. The monoisotopic (exact) mass is 431 g/mol. The van der Waals surface area contributed by atoms with Crippen LogP contribution in [0.15, 0.2) is 30.4 Å². The highest BCUT2D eigenvalue weighted by Gasteiger charge is 2.41. The van der Waals surface area contributed by atoms with Crippen LogP contribution in [0.1, 0.15) is 38.2 Å². The largest absolute Gasteiger partial charge is 0.478 e. The van der Waals surface area contributed by atoms with Gasteiger partial charge in [0, 0.05) is 24.1 Å². The summed E-state index contributed by atoms with van der Waals surface area (Å²) in [5.74, 6) is -2.51. The first-order valence-corrected chi connectivity index (χ1v) is 9.59. The minimum absolute atomic E-state index is 0.0555. The van der Waals surface area contributed by atoms with Gasteiger partial charge in [-0.3, -0.25) is 0 Å². The first kappa shape index (κ1) is 24.4. The van der Waals surface area contributed by atoms with Crippen LogP contribution in [-0.2, 0) is 15.0 Å². The van der Waals surface area contributed by atoms with Crippen LogP contribution in [0.2, 0.25) is 10.0 Å². The maximum atomic E-state index is 10.2. The van der Waals surface area contributed by atoms with Crippen molar-refractivity contribution >= 4 is 35.1 Å². The summed E-state index contributed by atoms with van der Waals surface area (Å²) in [5, 5.41) is 27.1. The highest BCUT2D eigenvalue weighted by atomic mass is 35.5. The zero-order valence-corrected chi connectivity index (χ0v) is 17.8. The molecule has 8 heteroatoms. The number of carboxylic acid groups (broad SMARTS) is 2. The Kier molecular flexibility index (Phi) is 8.95. The summed E-state index contributed by atoms with van der Waals surface area (Å²) in [5.41, 5.74) is 0.752. The average molecular weight is 432 g/mol. The predicted octanol–water partition coefficient (Wildman–Crippen LogP) is 3.83. The van der Waals surface area contributed by atoms with Gasteiger partial charge >= 0.3 is 11.9 Å². The molecule has 0 aromatic heterocycles. The molecule has 1 fully saturated rings. The topological polar surface area (TPSA) is 98.1 Å². The third kappa shape index (κ3) is 7.80. The fraction of sp³-hybridized carbons (Fsp3) is 0.500. The molecule has 1 aliphatic rings. The van der Waals surface area contributed by atoms with E-state index in [1.54, 1.807) is 0 Å². The predicted molar refractivity (Wildman–Crippen MR) is 110 cm³/mol. The Morgan fingerprint density at radius 1 is 1.04 bits per heavy atom. The van der Waals surface area contributed by atoms with E-state index in [2.05, 4.69) is 25.1 Å². The highest BCUT2D eigenvalue weighted by molar-refractivity contribution is 6.42. The van der Waals surface area contributed by atoms with E-state index in [9.17, 15) is 14.7 Å². The van der Waals surface area contributed by atoms with Gasteiger partial charge in [0.25, 0.3) is 0 Å². The molecule has 3 N–H and O–H groups in total. The Hall–Kier alpha value is -1.60. The van der Waals surface area contributed by atoms with Crippen LogP contribution in [0.3, 0.4) is 0 Å². The lowest BCUT2D eigenvalue weighted by atomic mass is 9.65. The summed E-state index contributed by atoms with van der Waals surface area (Å²) in [6.07, 6.45) is 4.69. The van der Waals surface area contributed by atoms with Crippen molar-refractivity contribution in [3.05, 3.63) is 46.0 Å². The molecular formula is C20H27Cl2NO5. The summed E-state index contributed by atoms with van der Waals surface area (Å²) in [6, 6.07) is 5.95. The van der Waals surface area contributed by atoms with E-state index in [4.69, 9.17) is 33.4 Å². The molecule has 0 radical (unpaired) electrons. The third-order valence-corrected chi connectivity index (χ3v) is 5.54. The van der Waals surface area contributed by atoms with E-state index in [0.717, 1.165) is 32.2 Å². The van der Waals surface area contributed by atoms with Crippen molar-refractivity contribution in [2.24, 2.45) is 0 Å². The number of rotatable bonds is 5. The fourth-order valence-electron chi connectivity index (χ4n) is 3.38. The Morgan fingerprint density at radius 2 is 1.54 bits per heavy atom. The quantitative estimate of drug-likeness (QED) is 0.612. The summed E-state index contributed by atoms with van der Waals surface area (Å²) < 4.78 is 0. The van der Waals surface area contributed by atoms with Gasteiger partial charge in [-0.1, -0.05) is 29.3 Å². The van der Waals surface area contributed by atoms with Crippen LogP contribution in [-0.4, -0.2) is 58.4 Å². The highest BCUT2D eigenvalue weighted by Crippen LogP contribution is 2.44. The van der Waals surface area contributed by atoms with Crippen molar-refractivity contribution in [3.63, 3.8) is 0 Å². The fourth-order valence-corrected chi connectivity index (χ4v) is 3.68. The van der Waals surface area contributed by atoms with Crippen molar-refractivity contribution < 1.29 is 24.9 Å². The van der Waals surface area contributed by atoms with E-state index in [1.807, 2.05) is 19.1 Å². The number of carboxylic acids is 2. The molecule has 0 aliphatic heterocycles. The van der Waals surface area contributed by atoms with Gasteiger partial charge in [-0.2, -0.15) is 0 Å². The van der Waals surface area contributed by atoms with Crippen LogP contribution >= 0.6 is 23.2 Å². The van der Waals surface area contributed by atoms with Gasteiger partial charge in [-0.05, 0) is 64.4 Å². The van der Waals surface area contributed by atoms with Crippen molar-refractivity contribution in [2.45, 2.75) is 43.6 Å². The summed E-state index contributed by atoms with van der Waals surface area (Å²) in [6.45, 7) is 2.89. The SMILES string of the molecule is CN(C)CC1(c2ccc(Cl)c(Cl)c2)CCC(C)(O)CC1.O=C(O)C=CC(=O)O. The first-order valence-electron chi connectivity index (χ1n) is 8.83. The van der Waals surface area contributed by atoms with Gasteiger partial charge in [-0.15, -0.1) is 0 Å². The maximum Gasteiger partial charge on any atom is 0.328 e. The number of benzene rings is 1. The number of hydrogen-bond acceptors (Lipinski definition) is 4. The Bertz CT molecular complexity index is 705. The summed E-state index contributed by atoms with van der Waals surface area (Å²) in [7, 11) is 4.18. The number of hydrogen-bond donors (Lipinski definition) is 3. The molecule has 1 aliphatic carbocycles. The normalized spacial score (nSPS) is 24.7. The van der Waals surface area contributed by atoms with Crippen LogP contribution in [0.25, 0.3) is 0 Å². The van der Waals surface area contributed by atoms with Crippen molar-refractivity contribution in [1.29, 1.82) is 0 Å². The lowest BCUT2D eigenvalue weighted by molar-refractivity contribution is -0.134. The van der Waals surface area contributed by atoms with Crippen LogP contribution < -0.4 is 0 Å². The summed E-state index contributed by atoms with van der Waals surface area (Å²) in [4.78, 5) is 21.3. The van der Waals surface area contributed by atoms with E-state index < -0.39 is 17.5 Å². The molecule has 1 aromatic carbocycles. The van der Waals surface area contributed by atoms with Gasteiger partial charge in [-0.25, -0.2) is 9.59 Å². The van der Waals surface area contributed by atoms with Crippen LogP contribution in [0.5, 0.6) is 0 Å². The average Bonchev–Trinajstić information content (AvgIpc) is 2.58. The molecule has 0 heterocycles. The Morgan fingerprint density at radius 3 is 1.93 bits per heavy atom. The zero-order valence-electron chi connectivity index (χ0n) is 16.3. The number of aliphatic hydroxyl groups is 1. The first-order chi connectivity index (χ1) is 12.9. The summed E-state index contributed by atoms with van der Waals surface area (Å²) >= 11 is 12.2. The van der Waals surface area contributed by atoms with E-state index in [1.165, 1.54) is 5.56 Å². The molecule has 6 nitrogen and oxygen atoms in total. The number of aliphatic carboxylic acids is 2. The number of halogens is 2. The molecule has 156 valence electrons.